The van der Waals surface area contributed by atoms with Crippen molar-refractivity contribution in [3.8, 4) is 5.75 Å². The summed E-state index contributed by atoms with van der Waals surface area (Å²) in [5.41, 5.74) is 3.24. The Morgan fingerprint density at radius 3 is 2.55 bits per heavy atom. The molecule has 0 unspecified atom stereocenters. The van der Waals surface area contributed by atoms with Crippen molar-refractivity contribution in [2.24, 2.45) is 4.99 Å². The van der Waals surface area contributed by atoms with Crippen LogP contribution in [-0.2, 0) is 28.7 Å². The SMILES string of the molecule is CCNC(=NCc1cc(C)cc(OC)c1)NCc1cc(F)ccc1CS(C)(=O)=O. The average molecular weight is 422 g/mol. The Balaban J connectivity index is 2.16. The van der Waals surface area contributed by atoms with Gasteiger partial charge >= 0.3 is 0 Å². The van der Waals surface area contributed by atoms with E-state index in [1.165, 1.54) is 18.2 Å². The van der Waals surface area contributed by atoms with Gasteiger partial charge in [0.15, 0.2) is 15.8 Å². The predicted octanol–water partition coefficient (Wildman–Crippen LogP) is 2.94. The van der Waals surface area contributed by atoms with Crippen molar-refractivity contribution in [3.05, 3.63) is 64.5 Å². The monoisotopic (exact) mass is 421 g/mol. The topological polar surface area (TPSA) is 79.8 Å². The molecular weight excluding hydrogens is 393 g/mol. The molecule has 2 aromatic rings. The van der Waals surface area contributed by atoms with Crippen molar-refractivity contribution in [2.45, 2.75) is 32.7 Å². The molecule has 8 heteroatoms. The molecule has 0 aliphatic carbocycles. The normalized spacial score (nSPS) is 12.0. The van der Waals surface area contributed by atoms with Crippen molar-refractivity contribution < 1.29 is 17.5 Å². The molecule has 158 valence electrons. The Morgan fingerprint density at radius 2 is 1.90 bits per heavy atom. The molecule has 0 heterocycles. The van der Waals surface area contributed by atoms with Crippen LogP contribution in [-0.4, -0.2) is 34.3 Å². The summed E-state index contributed by atoms with van der Waals surface area (Å²) in [7, 11) is -1.60. The lowest BCUT2D eigenvalue weighted by Gasteiger charge is -2.14. The van der Waals surface area contributed by atoms with E-state index in [1.807, 2.05) is 32.0 Å². The van der Waals surface area contributed by atoms with Crippen molar-refractivity contribution in [3.63, 3.8) is 0 Å². The molecule has 0 amide bonds. The minimum Gasteiger partial charge on any atom is -0.497 e. The van der Waals surface area contributed by atoms with E-state index < -0.39 is 15.7 Å². The van der Waals surface area contributed by atoms with Gasteiger partial charge < -0.3 is 15.4 Å². The van der Waals surface area contributed by atoms with Crippen LogP contribution in [0.15, 0.2) is 41.4 Å². The van der Waals surface area contributed by atoms with Crippen LogP contribution in [0.1, 0.15) is 29.2 Å². The number of hydrogen-bond acceptors (Lipinski definition) is 4. The van der Waals surface area contributed by atoms with Gasteiger partial charge in [-0.25, -0.2) is 17.8 Å². The zero-order chi connectivity index (χ0) is 21.4. The number of nitrogens with zero attached hydrogens (tertiary/aromatic N) is 1. The number of ether oxygens (including phenoxy) is 1. The molecule has 0 atom stereocenters. The van der Waals surface area contributed by atoms with E-state index >= 15 is 0 Å². The van der Waals surface area contributed by atoms with E-state index in [1.54, 1.807) is 7.11 Å². The van der Waals surface area contributed by atoms with Crippen molar-refractivity contribution >= 4 is 15.8 Å². The molecule has 0 radical (unpaired) electrons. The first-order valence-electron chi connectivity index (χ1n) is 9.32. The minimum absolute atomic E-state index is 0.138. The van der Waals surface area contributed by atoms with Crippen molar-refractivity contribution in [2.75, 3.05) is 19.9 Å². The smallest absolute Gasteiger partial charge is 0.191 e. The second-order valence-corrected chi connectivity index (χ2v) is 9.03. The van der Waals surface area contributed by atoms with Crippen LogP contribution in [0.2, 0.25) is 0 Å². The first-order chi connectivity index (χ1) is 13.7. The standard InChI is InChI=1S/C21H28FN3O3S/c1-5-23-21(24-12-16-8-15(2)9-20(10-16)28-3)25-13-18-11-19(22)7-6-17(18)14-29(4,26)27/h6-11H,5,12-14H2,1-4H3,(H2,23,24,25). The molecule has 0 aliphatic heterocycles. The van der Waals surface area contributed by atoms with Gasteiger partial charge in [-0.3, -0.25) is 0 Å². The third kappa shape index (κ3) is 7.73. The highest BCUT2D eigenvalue weighted by Crippen LogP contribution is 2.17. The van der Waals surface area contributed by atoms with E-state index in [0.29, 0.717) is 30.2 Å². The molecule has 0 bridgehead atoms. The molecule has 6 nitrogen and oxygen atoms in total. The second-order valence-electron chi connectivity index (χ2n) is 6.89. The van der Waals surface area contributed by atoms with E-state index in [2.05, 4.69) is 15.6 Å². The molecule has 2 aromatic carbocycles. The van der Waals surface area contributed by atoms with Crippen molar-refractivity contribution in [1.82, 2.24) is 10.6 Å². The zero-order valence-electron chi connectivity index (χ0n) is 17.3. The summed E-state index contributed by atoms with van der Waals surface area (Å²) >= 11 is 0. The predicted molar refractivity (Wildman–Crippen MR) is 114 cm³/mol. The van der Waals surface area contributed by atoms with Gasteiger partial charge in [-0.15, -0.1) is 0 Å². The molecule has 2 N–H and O–H groups in total. The fourth-order valence-electron chi connectivity index (χ4n) is 2.91. The Bertz CT molecular complexity index is 975. The molecule has 0 saturated carbocycles. The first kappa shape index (κ1) is 22.7. The summed E-state index contributed by atoms with van der Waals surface area (Å²) in [6, 6.07) is 10.0. The van der Waals surface area contributed by atoms with Crippen LogP contribution in [0, 0.1) is 12.7 Å². The number of aliphatic imine (C=N–C) groups is 1. The summed E-state index contributed by atoms with van der Waals surface area (Å²) in [4.78, 5) is 4.57. The quantitative estimate of drug-likeness (QED) is 0.506. The average Bonchev–Trinajstić information content (AvgIpc) is 2.64. The molecule has 0 aromatic heterocycles. The van der Waals surface area contributed by atoms with Gasteiger partial charge in [-0.2, -0.15) is 0 Å². The van der Waals surface area contributed by atoms with Crippen LogP contribution in [0.25, 0.3) is 0 Å². The maximum Gasteiger partial charge on any atom is 0.191 e. The maximum absolute atomic E-state index is 13.7. The highest BCUT2D eigenvalue weighted by molar-refractivity contribution is 7.89. The number of nitrogens with one attached hydrogen (secondary N) is 2. The summed E-state index contributed by atoms with van der Waals surface area (Å²) in [5.74, 6) is 0.787. The maximum atomic E-state index is 13.7. The lowest BCUT2D eigenvalue weighted by Crippen LogP contribution is -2.37. The first-order valence-corrected chi connectivity index (χ1v) is 11.4. The van der Waals surface area contributed by atoms with Crippen LogP contribution in [0.4, 0.5) is 4.39 Å². The number of benzene rings is 2. The number of sulfone groups is 1. The van der Waals surface area contributed by atoms with E-state index in [9.17, 15) is 12.8 Å². The van der Waals surface area contributed by atoms with Gasteiger partial charge in [0.1, 0.15) is 11.6 Å². The molecular formula is C21H28FN3O3S. The lowest BCUT2D eigenvalue weighted by atomic mass is 10.1. The number of aryl methyl sites for hydroxylation is 1. The molecule has 0 aliphatic rings. The lowest BCUT2D eigenvalue weighted by molar-refractivity contribution is 0.414. The third-order valence-electron chi connectivity index (χ3n) is 4.14. The molecule has 29 heavy (non-hydrogen) atoms. The molecule has 0 fully saturated rings. The Morgan fingerprint density at radius 1 is 1.14 bits per heavy atom. The van der Waals surface area contributed by atoms with Gasteiger partial charge in [-0.1, -0.05) is 12.1 Å². The summed E-state index contributed by atoms with van der Waals surface area (Å²) in [6.45, 7) is 5.29. The fourth-order valence-corrected chi connectivity index (χ4v) is 3.75. The van der Waals surface area contributed by atoms with Gasteiger partial charge in [0, 0.05) is 19.3 Å². The number of hydrogen-bond donors (Lipinski definition) is 2. The van der Waals surface area contributed by atoms with Gasteiger partial charge in [0.2, 0.25) is 0 Å². The van der Waals surface area contributed by atoms with Crippen molar-refractivity contribution in [1.29, 1.82) is 0 Å². The summed E-state index contributed by atoms with van der Waals surface area (Å²) in [5, 5.41) is 6.29. The number of methoxy groups -OCH3 is 1. The molecule has 0 spiro atoms. The van der Waals surface area contributed by atoms with Crippen LogP contribution in [0.5, 0.6) is 5.75 Å². The Kier molecular flexibility index (Phi) is 8.01. The Labute approximate surface area is 172 Å². The molecule has 0 saturated heterocycles. The number of halogens is 1. The van der Waals surface area contributed by atoms with E-state index in [4.69, 9.17) is 4.74 Å². The highest BCUT2D eigenvalue weighted by Gasteiger charge is 2.11. The van der Waals surface area contributed by atoms with E-state index in [0.717, 1.165) is 23.1 Å². The van der Waals surface area contributed by atoms with Gasteiger partial charge in [-0.05, 0) is 60.4 Å². The highest BCUT2D eigenvalue weighted by atomic mass is 32.2. The minimum atomic E-state index is -3.23. The molecule has 2 rings (SSSR count). The van der Waals surface area contributed by atoms with Gasteiger partial charge in [0.25, 0.3) is 0 Å². The van der Waals surface area contributed by atoms with Crippen LogP contribution < -0.4 is 15.4 Å². The van der Waals surface area contributed by atoms with E-state index in [-0.39, 0.29) is 12.3 Å². The third-order valence-corrected chi connectivity index (χ3v) is 4.98. The largest absolute Gasteiger partial charge is 0.497 e. The summed E-state index contributed by atoms with van der Waals surface area (Å²) < 4.78 is 42.3. The Hall–Kier alpha value is -2.61. The van der Waals surface area contributed by atoms with Crippen LogP contribution in [0.3, 0.4) is 0 Å². The zero-order valence-corrected chi connectivity index (χ0v) is 18.1. The summed E-state index contributed by atoms with van der Waals surface area (Å²) in [6.07, 6.45) is 1.16. The van der Waals surface area contributed by atoms with Gasteiger partial charge in [0.05, 0.1) is 19.4 Å². The fraction of sp³-hybridized carbons (Fsp3) is 0.381. The van der Waals surface area contributed by atoms with Crippen LogP contribution >= 0.6 is 0 Å². The number of rotatable bonds is 8. The second kappa shape index (κ2) is 10.2. The number of guanidine groups is 1.